The van der Waals surface area contributed by atoms with Gasteiger partial charge in [-0.1, -0.05) is 63.6 Å². The van der Waals surface area contributed by atoms with Crippen LogP contribution in [0.15, 0.2) is 36.0 Å². The Kier molecular flexibility index (Phi) is 56.2. The van der Waals surface area contributed by atoms with Crippen LogP contribution in [-0.4, -0.2) is 14.2 Å². The molecule has 1 nitrogen and oxygen atoms in total. The highest BCUT2D eigenvalue weighted by atomic mass is 16.4. The Hall–Kier alpha value is -0.820. The highest BCUT2D eigenvalue weighted by molar-refractivity contribution is 5.18. The number of methoxy groups -OCH3 is 1. The first-order valence-electron chi connectivity index (χ1n) is 6.05. The molecule has 0 aliphatic heterocycles. The highest BCUT2D eigenvalue weighted by Crippen LogP contribution is 1.92. The Balaban J connectivity index is -0.0000000864. The van der Waals surface area contributed by atoms with Gasteiger partial charge < -0.3 is 4.74 Å². The third-order valence-electron chi connectivity index (χ3n) is 1.12. The average molecular weight is 228 g/mol. The summed E-state index contributed by atoms with van der Waals surface area (Å²) in [5.74, 6) is 0. The second-order valence-electron chi connectivity index (χ2n) is 2.33. The van der Waals surface area contributed by atoms with Gasteiger partial charge in [0.15, 0.2) is 0 Å². The molecular weight excluding hydrogens is 196 g/mol. The first-order chi connectivity index (χ1) is 7.72. The molecule has 0 aromatic rings. The zero-order valence-electron chi connectivity index (χ0n) is 12.8. The van der Waals surface area contributed by atoms with Crippen LogP contribution in [0.3, 0.4) is 0 Å². The summed E-state index contributed by atoms with van der Waals surface area (Å²) in [6.07, 6.45) is 10.2. The smallest absolute Gasteiger partial charge is 0.0351 e. The van der Waals surface area contributed by atoms with Gasteiger partial charge in [-0.25, -0.2) is 0 Å². The number of rotatable bonds is 2. The summed E-state index contributed by atoms with van der Waals surface area (Å²) in [4.78, 5) is 0. The van der Waals surface area contributed by atoms with Crippen molar-refractivity contribution in [2.24, 2.45) is 0 Å². The van der Waals surface area contributed by atoms with E-state index in [-0.39, 0.29) is 0 Å². The molecule has 0 aromatic heterocycles. The predicted molar refractivity (Wildman–Crippen MR) is 79.0 cm³/mol. The monoisotopic (exact) mass is 228 g/mol. The van der Waals surface area contributed by atoms with E-state index in [9.17, 15) is 0 Å². The second-order valence-corrected chi connectivity index (χ2v) is 2.33. The molecule has 0 rings (SSSR count). The van der Waals surface area contributed by atoms with Gasteiger partial charge >= 0.3 is 0 Å². The lowest BCUT2D eigenvalue weighted by Gasteiger charge is -1.82. The average Bonchev–Trinajstić information content (AvgIpc) is 2.35. The maximum absolute atomic E-state index is 4.25. The van der Waals surface area contributed by atoms with E-state index < -0.39 is 0 Å². The number of ether oxygens (including phenoxy) is 1. The molecule has 0 heterocycles. The maximum atomic E-state index is 4.25. The van der Waals surface area contributed by atoms with Crippen LogP contribution in [0, 0.1) is 0 Å². The summed E-state index contributed by atoms with van der Waals surface area (Å²) in [7, 11) is 3.25. The molecule has 98 valence electrons. The third-order valence-corrected chi connectivity index (χ3v) is 1.12. The van der Waals surface area contributed by atoms with Crippen molar-refractivity contribution in [2.75, 3.05) is 14.2 Å². The van der Waals surface area contributed by atoms with Crippen LogP contribution in [0.1, 0.15) is 48.5 Å². The molecule has 0 unspecified atom stereocenters. The summed E-state index contributed by atoms with van der Waals surface area (Å²) in [5, 5.41) is 0. The van der Waals surface area contributed by atoms with Crippen LogP contribution in [0.2, 0.25) is 0 Å². The molecule has 0 saturated heterocycles. The molecule has 0 bridgehead atoms. The molecule has 0 aliphatic rings. The summed E-state index contributed by atoms with van der Waals surface area (Å²) >= 11 is 0. The fourth-order valence-electron chi connectivity index (χ4n) is 0.415. The van der Waals surface area contributed by atoms with Crippen molar-refractivity contribution in [1.29, 1.82) is 0 Å². The van der Waals surface area contributed by atoms with Gasteiger partial charge in [0.2, 0.25) is 0 Å². The molecule has 0 saturated carbocycles. The minimum atomic E-state index is 1.30. The summed E-state index contributed by atoms with van der Waals surface area (Å²) < 4.78 is 4.25. The van der Waals surface area contributed by atoms with Crippen molar-refractivity contribution in [2.45, 2.75) is 48.5 Å². The lowest BCUT2D eigenvalue weighted by Crippen LogP contribution is -1.61. The number of allylic oxidation sites excluding steroid dienone is 6. The van der Waals surface area contributed by atoms with Crippen LogP contribution < -0.4 is 0 Å². The van der Waals surface area contributed by atoms with E-state index in [0.29, 0.717) is 0 Å². The molecule has 0 atom stereocenters. The van der Waals surface area contributed by atoms with Crippen molar-refractivity contribution < 1.29 is 4.74 Å². The largest absolute Gasteiger partial charge is 0.388 e. The lowest BCUT2D eigenvalue weighted by atomic mass is 10.2. The maximum Gasteiger partial charge on any atom is 0.0351 e. The van der Waals surface area contributed by atoms with Gasteiger partial charge in [-0.15, -0.1) is 0 Å². The van der Waals surface area contributed by atoms with Crippen LogP contribution in [0.4, 0.5) is 0 Å². The van der Waals surface area contributed by atoms with Gasteiger partial charge in [0, 0.05) is 14.2 Å². The summed E-state index contributed by atoms with van der Waals surface area (Å²) in [5.41, 5.74) is 1.30. The first-order valence-corrected chi connectivity index (χ1v) is 6.05. The van der Waals surface area contributed by atoms with Crippen molar-refractivity contribution >= 4 is 0 Å². The highest BCUT2D eigenvalue weighted by Gasteiger charge is 1.71. The van der Waals surface area contributed by atoms with Gasteiger partial charge in [0.1, 0.15) is 0 Å². The van der Waals surface area contributed by atoms with E-state index in [4.69, 9.17) is 0 Å². The SMILES string of the molecule is CC.CC.COC.C\C=C/C=C\C(C)=C/C. The molecule has 0 aliphatic carbocycles. The van der Waals surface area contributed by atoms with Gasteiger partial charge in [-0.3, -0.25) is 0 Å². The van der Waals surface area contributed by atoms with Crippen molar-refractivity contribution in [3.8, 4) is 0 Å². The Morgan fingerprint density at radius 2 is 1.25 bits per heavy atom. The standard InChI is InChI=1S/C9H14.C2H6O.2C2H6/c1-4-6-7-8-9(3)5-2;1-3-2;2*1-2/h4-8H,1-3H3;1-2H3;2*1-2H3/b6-4-,8-7-,9-5-;;;. The van der Waals surface area contributed by atoms with Crippen LogP contribution in [0.5, 0.6) is 0 Å². The minimum absolute atomic E-state index is 1.30. The van der Waals surface area contributed by atoms with E-state index in [1.54, 1.807) is 14.2 Å². The molecule has 1 heteroatoms. The van der Waals surface area contributed by atoms with Gasteiger partial charge in [-0.2, -0.15) is 0 Å². The molecule has 0 fully saturated rings. The van der Waals surface area contributed by atoms with E-state index >= 15 is 0 Å². The zero-order chi connectivity index (χ0) is 13.8. The van der Waals surface area contributed by atoms with Gasteiger partial charge in [-0.05, 0) is 20.8 Å². The Bertz CT molecular complexity index is 153. The van der Waals surface area contributed by atoms with Crippen molar-refractivity contribution in [1.82, 2.24) is 0 Å². The van der Waals surface area contributed by atoms with Crippen LogP contribution in [-0.2, 0) is 4.74 Å². The van der Waals surface area contributed by atoms with Crippen molar-refractivity contribution in [3.05, 3.63) is 36.0 Å². The Morgan fingerprint density at radius 1 is 0.875 bits per heavy atom. The molecular formula is C15H32O. The fourth-order valence-corrected chi connectivity index (χ4v) is 0.415. The van der Waals surface area contributed by atoms with E-state index in [1.165, 1.54) is 5.57 Å². The quantitative estimate of drug-likeness (QED) is 0.575. The normalized spacial score (nSPS) is 9.69. The summed E-state index contributed by atoms with van der Waals surface area (Å²) in [6, 6.07) is 0. The van der Waals surface area contributed by atoms with E-state index in [1.807, 2.05) is 59.8 Å². The molecule has 0 radical (unpaired) electrons. The molecule has 0 amide bonds. The Morgan fingerprint density at radius 3 is 1.50 bits per heavy atom. The Labute approximate surface area is 104 Å². The molecule has 0 spiro atoms. The molecule has 0 N–H and O–H groups in total. The minimum Gasteiger partial charge on any atom is -0.388 e. The third kappa shape index (κ3) is 51.2. The summed E-state index contributed by atoms with van der Waals surface area (Å²) in [6.45, 7) is 14.1. The zero-order valence-corrected chi connectivity index (χ0v) is 12.8. The van der Waals surface area contributed by atoms with Crippen LogP contribution in [0.25, 0.3) is 0 Å². The second kappa shape index (κ2) is 36.8. The number of hydrogen-bond acceptors (Lipinski definition) is 1. The predicted octanol–water partition coefficient (Wildman–Crippen LogP) is 5.40. The van der Waals surface area contributed by atoms with Gasteiger partial charge in [0.25, 0.3) is 0 Å². The number of hydrogen-bond donors (Lipinski definition) is 0. The molecule has 0 aromatic carbocycles. The molecule has 16 heavy (non-hydrogen) atoms. The first kappa shape index (κ1) is 24.4. The van der Waals surface area contributed by atoms with E-state index in [2.05, 4.69) is 23.8 Å². The van der Waals surface area contributed by atoms with Gasteiger partial charge in [0.05, 0.1) is 0 Å². The fraction of sp³-hybridized carbons (Fsp3) is 0.600. The lowest BCUT2D eigenvalue weighted by molar-refractivity contribution is 0.277. The topological polar surface area (TPSA) is 9.23 Å². The van der Waals surface area contributed by atoms with Crippen molar-refractivity contribution in [3.63, 3.8) is 0 Å². The van der Waals surface area contributed by atoms with Crippen LogP contribution >= 0.6 is 0 Å². The van der Waals surface area contributed by atoms with E-state index in [0.717, 1.165) is 0 Å².